The zero-order valence-corrected chi connectivity index (χ0v) is 7.95. The van der Waals surface area contributed by atoms with Crippen molar-refractivity contribution < 1.29 is 25.5 Å². The van der Waals surface area contributed by atoms with Crippen LogP contribution in [-0.4, -0.2) is 77.1 Å². The minimum atomic E-state index is -1.56. The Labute approximate surface area is 77.6 Å². The molecule has 5 N–H and O–H groups in total. The van der Waals surface area contributed by atoms with Crippen LogP contribution in [0.1, 0.15) is 0 Å². The van der Waals surface area contributed by atoms with Crippen LogP contribution in [0.25, 0.3) is 0 Å². The van der Waals surface area contributed by atoms with E-state index in [4.69, 9.17) is 25.5 Å². The maximum atomic E-state index is 9.07. The molecule has 0 bridgehead atoms. The van der Waals surface area contributed by atoms with E-state index in [1.54, 1.807) is 0 Å². The molecule has 0 heterocycles. The molecular weight excluding hydrogens is 231 g/mol. The average Bonchev–Trinajstić information content (AvgIpc) is 2.12. The molecule has 0 unspecified atom stereocenters. The predicted octanol–water partition coefficient (Wildman–Crippen LogP) is -3.61. The summed E-state index contributed by atoms with van der Waals surface area (Å²) in [6.07, 6.45) is -5.78. The Morgan fingerprint density at radius 3 is 1.92 bits per heavy atom. The summed E-state index contributed by atoms with van der Waals surface area (Å²) in [7, 11) is 0. The molecule has 0 saturated heterocycles. The van der Waals surface area contributed by atoms with Crippen molar-refractivity contribution in [3.63, 3.8) is 0 Å². The summed E-state index contributed by atoms with van der Waals surface area (Å²) in [6.45, 7) is -0.668. The molecule has 0 aliphatic rings. The minimum absolute atomic E-state index is 0.668. The van der Waals surface area contributed by atoms with Crippen molar-refractivity contribution >= 4 is 20.5 Å². The monoisotopic (exact) mass is 244 g/mol. The van der Waals surface area contributed by atoms with Crippen LogP contribution in [-0.2, 0) is 0 Å². The van der Waals surface area contributed by atoms with Crippen molar-refractivity contribution in [1.29, 1.82) is 0 Å². The summed E-state index contributed by atoms with van der Waals surface area (Å²) in [5.41, 5.74) is 0. The third kappa shape index (κ3) is 3.28. The van der Waals surface area contributed by atoms with E-state index in [1.165, 1.54) is 0 Å². The number of hydrogen-bond acceptors (Lipinski definition) is 5. The zero-order valence-electron chi connectivity index (χ0n) is 6.24. The van der Waals surface area contributed by atoms with E-state index in [-0.39, 0.29) is 0 Å². The van der Waals surface area contributed by atoms with Gasteiger partial charge in [0.15, 0.2) is 0 Å². The molecule has 0 aliphatic heterocycles. The van der Waals surface area contributed by atoms with Crippen LogP contribution in [0.4, 0.5) is 0 Å². The summed E-state index contributed by atoms with van der Waals surface area (Å²) < 4.78 is 0. The molecule has 0 amide bonds. The van der Waals surface area contributed by atoms with E-state index in [2.05, 4.69) is 15.6 Å². The second kappa shape index (κ2) is 5.77. The van der Waals surface area contributed by atoms with Gasteiger partial charge in [-0.1, -0.05) is 0 Å². The Hall–Kier alpha value is 0.189. The van der Waals surface area contributed by atoms with Crippen LogP contribution in [0.2, 0.25) is 0 Å². The topological polar surface area (TPSA) is 101 Å². The van der Waals surface area contributed by atoms with Gasteiger partial charge in [0.25, 0.3) is 0 Å². The number of aliphatic hydroxyl groups excluding tert-OH is 5. The summed E-state index contributed by atoms with van der Waals surface area (Å²) in [5.74, 6) is 0. The summed E-state index contributed by atoms with van der Waals surface area (Å²) in [5, 5.41) is 44.3. The Kier molecular flexibility index (Phi) is 5.86. The van der Waals surface area contributed by atoms with Gasteiger partial charge in [-0.15, -0.1) is 0 Å². The molecule has 0 saturated carbocycles. The fourth-order valence-electron chi connectivity index (χ4n) is 0.618. The van der Waals surface area contributed by atoms with Crippen LogP contribution >= 0.6 is 0 Å². The normalized spacial score (nSPS) is 21.1. The van der Waals surface area contributed by atoms with Crippen LogP contribution in [0.5, 0.6) is 0 Å². The molecule has 0 aromatic rings. The van der Waals surface area contributed by atoms with E-state index < -0.39 is 31.0 Å². The molecular formula is C6H12O5Se. The standard InChI is InChI=1S/C6H12O5Se/c7-1-3(8)5(10)6(11)4(9)2-12/h2-11H,1H2/t3-,4-,5-,6-/m1/s1. The van der Waals surface area contributed by atoms with E-state index in [9.17, 15) is 0 Å². The molecule has 0 aromatic heterocycles. The van der Waals surface area contributed by atoms with Gasteiger partial charge in [-0.3, -0.25) is 0 Å². The van der Waals surface area contributed by atoms with Gasteiger partial charge in [-0.25, -0.2) is 0 Å². The molecule has 0 aromatic carbocycles. The first-order valence-electron chi connectivity index (χ1n) is 3.33. The molecule has 0 aliphatic carbocycles. The van der Waals surface area contributed by atoms with Gasteiger partial charge in [-0.2, -0.15) is 0 Å². The van der Waals surface area contributed by atoms with Crippen LogP contribution in [0, 0.1) is 0 Å². The van der Waals surface area contributed by atoms with E-state index >= 15 is 0 Å². The van der Waals surface area contributed by atoms with Crippen molar-refractivity contribution in [3.05, 3.63) is 0 Å². The van der Waals surface area contributed by atoms with E-state index in [1.807, 2.05) is 0 Å². The van der Waals surface area contributed by atoms with Crippen molar-refractivity contribution in [2.75, 3.05) is 6.61 Å². The van der Waals surface area contributed by atoms with E-state index in [0.717, 1.165) is 4.92 Å². The summed E-state index contributed by atoms with van der Waals surface area (Å²) >= 11 is 2.34. The number of hydrogen-bond donors (Lipinski definition) is 5. The van der Waals surface area contributed by atoms with Crippen LogP contribution in [0.3, 0.4) is 0 Å². The number of rotatable bonds is 5. The first-order chi connectivity index (χ1) is 5.54. The summed E-state index contributed by atoms with van der Waals surface area (Å²) in [6, 6.07) is 0. The summed E-state index contributed by atoms with van der Waals surface area (Å²) in [4.78, 5) is 1.15. The molecule has 72 valence electrons. The third-order valence-corrected chi connectivity index (χ3v) is 2.01. The van der Waals surface area contributed by atoms with Gasteiger partial charge >= 0.3 is 77.1 Å². The van der Waals surface area contributed by atoms with Gasteiger partial charge in [0.1, 0.15) is 0 Å². The molecule has 6 heteroatoms. The molecule has 12 heavy (non-hydrogen) atoms. The van der Waals surface area contributed by atoms with Crippen molar-refractivity contribution in [3.8, 4) is 0 Å². The zero-order chi connectivity index (χ0) is 9.72. The molecule has 0 spiro atoms. The number of aliphatic hydroxyl groups is 5. The maximum absolute atomic E-state index is 9.07. The Bertz CT molecular complexity index is 142. The van der Waals surface area contributed by atoms with Gasteiger partial charge in [0.2, 0.25) is 0 Å². The van der Waals surface area contributed by atoms with Gasteiger partial charge < -0.3 is 0 Å². The quantitative estimate of drug-likeness (QED) is 0.321. The fraction of sp³-hybridized carbons (Fsp3) is 0.833. The molecule has 4 atom stereocenters. The molecule has 0 radical (unpaired) electrons. The first kappa shape index (κ1) is 12.2. The van der Waals surface area contributed by atoms with Crippen LogP contribution in [0.15, 0.2) is 0 Å². The third-order valence-electron chi connectivity index (χ3n) is 1.42. The van der Waals surface area contributed by atoms with Crippen molar-refractivity contribution in [2.45, 2.75) is 24.4 Å². The van der Waals surface area contributed by atoms with E-state index in [0.29, 0.717) is 0 Å². The molecule has 0 rings (SSSR count). The van der Waals surface area contributed by atoms with Gasteiger partial charge in [-0.05, 0) is 0 Å². The Morgan fingerprint density at radius 2 is 1.58 bits per heavy atom. The van der Waals surface area contributed by atoms with Crippen molar-refractivity contribution in [1.82, 2.24) is 0 Å². The SMILES string of the molecule is OC[C@@H](O)[C@@H](O)[C@H](O)[C@H](O)C=[Se]. The fourth-order valence-corrected chi connectivity index (χ4v) is 0.956. The second-order valence-corrected chi connectivity index (χ2v) is 2.93. The first-order valence-corrected chi connectivity index (χ1v) is 4.32. The Balaban J connectivity index is 4.07. The Morgan fingerprint density at radius 1 is 1.08 bits per heavy atom. The van der Waals surface area contributed by atoms with Gasteiger partial charge in [0.05, 0.1) is 0 Å². The second-order valence-electron chi connectivity index (χ2n) is 2.36. The molecule has 5 nitrogen and oxygen atoms in total. The van der Waals surface area contributed by atoms with Gasteiger partial charge in [0, 0.05) is 0 Å². The predicted molar refractivity (Wildman–Crippen MR) is 42.9 cm³/mol. The average molecular weight is 243 g/mol. The van der Waals surface area contributed by atoms with Crippen molar-refractivity contribution in [2.24, 2.45) is 0 Å². The van der Waals surface area contributed by atoms with Crippen LogP contribution < -0.4 is 0 Å². The molecule has 0 fully saturated rings.